The molecule has 0 radical (unpaired) electrons. The highest BCUT2D eigenvalue weighted by molar-refractivity contribution is 6.99. The fraction of sp³-hybridized carbons (Fsp3) is 0.429. The zero-order chi connectivity index (χ0) is 19.7. The number of aliphatic hydroxyl groups excluding tert-OH is 3. The molecule has 0 aromatic heterocycles. The number of ether oxygens (including phenoxy) is 1. The average Bonchev–Trinajstić information content (AvgIpc) is 2.66. The Morgan fingerprint density at radius 2 is 1.37 bits per heavy atom. The second-order valence-corrected chi connectivity index (χ2v) is 12.3. The van der Waals surface area contributed by atoms with Crippen molar-refractivity contribution >= 4 is 18.7 Å². The van der Waals surface area contributed by atoms with Crippen LogP contribution in [0.25, 0.3) is 0 Å². The Morgan fingerprint density at radius 3 is 1.81 bits per heavy atom. The van der Waals surface area contributed by atoms with Crippen molar-refractivity contribution in [1.82, 2.24) is 0 Å². The maximum atomic E-state index is 10.5. The van der Waals surface area contributed by atoms with Crippen molar-refractivity contribution in [3.63, 3.8) is 0 Å². The van der Waals surface area contributed by atoms with E-state index in [0.29, 0.717) is 0 Å². The first-order valence-electron chi connectivity index (χ1n) is 9.22. The highest BCUT2D eigenvalue weighted by Gasteiger charge is 2.54. The van der Waals surface area contributed by atoms with Gasteiger partial charge in [0.05, 0.1) is 6.61 Å². The summed E-state index contributed by atoms with van der Waals surface area (Å²) in [5.74, 6) is 0. The molecular weight excluding hydrogens is 360 g/mol. The van der Waals surface area contributed by atoms with Gasteiger partial charge in [-0.25, -0.2) is 0 Å². The summed E-state index contributed by atoms with van der Waals surface area (Å²) in [4.78, 5) is 0. The van der Waals surface area contributed by atoms with Gasteiger partial charge in [-0.2, -0.15) is 0 Å². The van der Waals surface area contributed by atoms with Gasteiger partial charge < -0.3 is 24.5 Å². The number of rotatable bonds is 4. The first-order valence-corrected chi connectivity index (χ1v) is 11.1. The van der Waals surface area contributed by atoms with Crippen molar-refractivity contribution in [2.75, 3.05) is 6.61 Å². The van der Waals surface area contributed by atoms with Crippen LogP contribution in [0.4, 0.5) is 0 Å². The van der Waals surface area contributed by atoms with E-state index in [9.17, 15) is 15.3 Å². The van der Waals surface area contributed by atoms with E-state index in [-0.39, 0.29) is 11.6 Å². The highest BCUT2D eigenvalue weighted by atomic mass is 28.4. The van der Waals surface area contributed by atoms with Crippen molar-refractivity contribution in [1.29, 1.82) is 0 Å². The molecule has 2 aromatic carbocycles. The molecule has 1 heterocycles. The molecule has 3 rings (SSSR count). The van der Waals surface area contributed by atoms with Crippen molar-refractivity contribution in [2.24, 2.45) is 0 Å². The lowest BCUT2D eigenvalue weighted by Gasteiger charge is -2.48. The molecule has 6 heteroatoms. The van der Waals surface area contributed by atoms with Gasteiger partial charge in [0.2, 0.25) is 0 Å². The Balaban J connectivity index is 2.18. The molecule has 3 N–H and O–H groups in total. The minimum Gasteiger partial charge on any atom is -0.397 e. The predicted octanol–water partition coefficient (Wildman–Crippen LogP) is 1.00. The summed E-state index contributed by atoms with van der Waals surface area (Å²) in [7, 11) is -2.96. The molecule has 4 atom stereocenters. The van der Waals surface area contributed by atoms with Gasteiger partial charge in [-0.15, -0.1) is 0 Å². The van der Waals surface area contributed by atoms with Crippen LogP contribution in [0.5, 0.6) is 0 Å². The lowest BCUT2D eigenvalue weighted by molar-refractivity contribution is -0.247. The van der Waals surface area contributed by atoms with Crippen LogP contribution in [0.1, 0.15) is 20.8 Å². The van der Waals surface area contributed by atoms with E-state index >= 15 is 0 Å². The second-order valence-electron chi connectivity index (χ2n) is 8.03. The molecule has 0 amide bonds. The maximum absolute atomic E-state index is 10.5. The fourth-order valence-electron chi connectivity index (χ4n) is 3.80. The summed E-state index contributed by atoms with van der Waals surface area (Å²) >= 11 is 0. The largest absolute Gasteiger partial charge is 0.397 e. The van der Waals surface area contributed by atoms with Crippen molar-refractivity contribution in [2.45, 2.75) is 50.4 Å². The van der Waals surface area contributed by atoms with Crippen LogP contribution in [0, 0.1) is 0 Å². The van der Waals surface area contributed by atoms with Crippen molar-refractivity contribution < 1.29 is 24.5 Å². The van der Waals surface area contributed by atoms with Crippen LogP contribution < -0.4 is 10.4 Å². The lowest BCUT2D eigenvalue weighted by Crippen LogP contribution is -2.71. The summed E-state index contributed by atoms with van der Waals surface area (Å²) in [5.41, 5.74) is 0. The minimum absolute atomic E-state index is 0.122. The Labute approximate surface area is 161 Å². The topological polar surface area (TPSA) is 79.2 Å². The first-order chi connectivity index (χ1) is 12.8. The van der Waals surface area contributed by atoms with Gasteiger partial charge >= 0.3 is 0 Å². The van der Waals surface area contributed by atoms with E-state index in [1.54, 1.807) is 0 Å². The number of aliphatic hydroxyl groups is 3. The Morgan fingerprint density at radius 1 is 0.889 bits per heavy atom. The average molecular weight is 389 g/mol. The SMILES string of the molecule is CC(C)(C)[Si](O[C@@H]1[C@@H](O)[C@H](O)CO[C@H]1O)(c1ccccc1)c1ccccc1. The van der Waals surface area contributed by atoms with Crippen molar-refractivity contribution in [3.8, 4) is 0 Å². The van der Waals surface area contributed by atoms with Crippen LogP contribution in [0.15, 0.2) is 60.7 Å². The molecule has 0 bridgehead atoms. The van der Waals surface area contributed by atoms with Gasteiger partial charge in [0.1, 0.15) is 18.3 Å². The van der Waals surface area contributed by atoms with E-state index in [4.69, 9.17) is 9.16 Å². The van der Waals surface area contributed by atoms with Gasteiger partial charge in [0.15, 0.2) is 6.29 Å². The molecule has 0 saturated carbocycles. The summed E-state index contributed by atoms with van der Waals surface area (Å²) in [6.45, 7) is 6.21. The molecule has 2 aromatic rings. The molecule has 27 heavy (non-hydrogen) atoms. The van der Waals surface area contributed by atoms with Crippen LogP contribution in [-0.2, 0) is 9.16 Å². The van der Waals surface area contributed by atoms with E-state index in [0.717, 1.165) is 10.4 Å². The van der Waals surface area contributed by atoms with Gasteiger partial charge in [-0.3, -0.25) is 0 Å². The molecule has 1 aliphatic rings. The molecular formula is C21H28O5Si. The number of benzene rings is 2. The Hall–Kier alpha value is -1.54. The highest BCUT2D eigenvalue weighted by Crippen LogP contribution is 2.38. The smallest absolute Gasteiger partial charge is 0.261 e. The zero-order valence-corrected chi connectivity index (χ0v) is 16.9. The molecule has 146 valence electrons. The number of hydrogen-bond donors (Lipinski definition) is 3. The Bertz CT molecular complexity index is 692. The maximum Gasteiger partial charge on any atom is 0.261 e. The van der Waals surface area contributed by atoms with Crippen LogP contribution >= 0.6 is 0 Å². The Kier molecular flexibility index (Phi) is 5.86. The second kappa shape index (κ2) is 7.83. The monoisotopic (exact) mass is 388 g/mol. The predicted molar refractivity (Wildman–Crippen MR) is 106 cm³/mol. The summed E-state index contributed by atoms with van der Waals surface area (Å²) in [6.07, 6.45) is -4.67. The van der Waals surface area contributed by atoms with Gasteiger partial charge in [0, 0.05) is 0 Å². The molecule has 5 nitrogen and oxygen atoms in total. The van der Waals surface area contributed by atoms with Gasteiger partial charge in [-0.05, 0) is 15.4 Å². The molecule has 0 unspecified atom stereocenters. The lowest BCUT2D eigenvalue weighted by atomic mass is 10.1. The third-order valence-corrected chi connectivity index (χ3v) is 10.2. The molecule has 1 aliphatic heterocycles. The summed E-state index contributed by atoms with van der Waals surface area (Å²) < 4.78 is 11.9. The third-order valence-electron chi connectivity index (χ3n) is 5.18. The molecule has 1 saturated heterocycles. The van der Waals surface area contributed by atoms with Crippen molar-refractivity contribution in [3.05, 3.63) is 60.7 Å². The van der Waals surface area contributed by atoms with Crippen LogP contribution in [0.2, 0.25) is 5.04 Å². The minimum atomic E-state index is -2.96. The fourth-order valence-corrected chi connectivity index (χ4v) is 8.48. The van der Waals surface area contributed by atoms with Gasteiger partial charge in [0.25, 0.3) is 8.32 Å². The quantitative estimate of drug-likeness (QED) is 0.681. The summed E-state index contributed by atoms with van der Waals surface area (Å²) in [6, 6.07) is 19.9. The van der Waals surface area contributed by atoms with E-state index < -0.39 is 32.9 Å². The van der Waals surface area contributed by atoms with Gasteiger partial charge in [-0.1, -0.05) is 81.4 Å². The van der Waals surface area contributed by atoms with E-state index in [1.807, 2.05) is 60.7 Å². The number of hydrogen-bond acceptors (Lipinski definition) is 5. The third kappa shape index (κ3) is 3.74. The standard InChI is InChI=1S/C21H28O5Si/c1-21(2,3)27(15-10-6-4-7-11-15,16-12-8-5-9-13-16)26-19-18(23)17(22)14-25-20(19)24/h4-13,17-20,22-24H,14H2,1-3H3/t17-,18+,19-,20-/m1/s1. The van der Waals surface area contributed by atoms with Crippen LogP contribution in [-0.4, -0.2) is 54.8 Å². The van der Waals surface area contributed by atoms with E-state index in [2.05, 4.69) is 20.8 Å². The zero-order valence-electron chi connectivity index (χ0n) is 15.9. The normalized spacial score (nSPS) is 26.7. The molecule has 1 fully saturated rings. The van der Waals surface area contributed by atoms with E-state index in [1.165, 1.54) is 0 Å². The first kappa shape index (κ1) is 20.2. The molecule has 0 aliphatic carbocycles. The molecule has 0 spiro atoms. The van der Waals surface area contributed by atoms with Crippen LogP contribution in [0.3, 0.4) is 0 Å². The summed E-state index contributed by atoms with van der Waals surface area (Å²) in [5, 5.41) is 32.7.